The summed E-state index contributed by atoms with van der Waals surface area (Å²) in [4.78, 5) is 28.0. The molecule has 0 N–H and O–H groups in total. The highest BCUT2D eigenvalue weighted by Crippen LogP contribution is 2.47. The zero-order valence-electron chi connectivity index (χ0n) is 34.9. The Labute approximate surface area is 401 Å². The maximum atomic E-state index is 5.93. The monoisotopic (exact) mass is 1070 g/mol. The molecule has 1 unspecified atom stereocenters. The Morgan fingerprint density at radius 1 is 0.364 bits per heavy atom. The maximum Gasteiger partial charge on any atom is 0.162 e. The molecule has 0 fully saturated rings. The molecule has 3 aromatic carbocycles. The number of halogens is 3. The van der Waals surface area contributed by atoms with Crippen LogP contribution in [0.1, 0.15) is 34.2 Å². The molecule has 6 aliphatic rings. The number of fused-ring (bicyclic) bond motifs is 18. The highest BCUT2D eigenvalue weighted by molar-refractivity contribution is 9.11. The van der Waals surface area contributed by atoms with E-state index in [4.69, 9.17) is 28.4 Å². The lowest BCUT2D eigenvalue weighted by Gasteiger charge is -2.34. The van der Waals surface area contributed by atoms with Crippen LogP contribution in [0.5, 0.6) is 17.2 Å². The fourth-order valence-corrected chi connectivity index (χ4v) is 11.3. The molecule has 0 radical (unpaired) electrons. The van der Waals surface area contributed by atoms with E-state index in [9.17, 15) is 0 Å². The lowest BCUT2D eigenvalue weighted by atomic mass is 9.91. The molecular weight excluding hydrogens is 1040 g/mol. The molecule has 15 rings (SSSR count). The predicted molar refractivity (Wildman–Crippen MR) is 252 cm³/mol. The van der Waals surface area contributed by atoms with Crippen LogP contribution in [0, 0.1) is 0 Å². The summed E-state index contributed by atoms with van der Waals surface area (Å²) in [5.41, 5.74) is 7.51. The third-order valence-corrected chi connectivity index (χ3v) is 14.5. The summed E-state index contributed by atoms with van der Waals surface area (Å²) in [6.07, 6.45) is 0. The van der Waals surface area contributed by atoms with E-state index in [1.54, 1.807) is 0 Å². The molecule has 0 amide bonds. The molecule has 6 aromatic heterocycles. The van der Waals surface area contributed by atoms with Crippen molar-refractivity contribution in [1.82, 2.24) is 43.6 Å². The van der Waals surface area contributed by atoms with Gasteiger partial charge in [-0.2, -0.15) is 0 Å². The van der Waals surface area contributed by atoms with Gasteiger partial charge in [0.25, 0.3) is 0 Å². The Morgan fingerprint density at radius 3 is 0.985 bits per heavy atom. The fraction of sp³-hybridized carbons (Fsp3) is 0.250. The fourth-order valence-electron chi connectivity index (χ4n) is 10.4. The van der Waals surface area contributed by atoms with E-state index >= 15 is 0 Å². The van der Waals surface area contributed by atoms with Crippen molar-refractivity contribution < 1.29 is 28.4 Å². The van der Waals surface area contributed by atoms with Gasteiger partial charge >= 0.3 is 0 Å². The number of aromatic nitrogens is 9. The van der Waals surface area contributed by atoms with Crippen molar-refractivity contribution in [2.75, 3.05) is 39.6 Å². The molecule has 12 heterocycles. The number of imidazole rings is 3. The lowest BCUT2D eigenvalue weighted by Crippen LogP contribution is -2.45. The second kappa shape index (κ2) is 15.4. The minimum atomic E-state index is -0.382. The summed E-state index contributed by atoms with van der Waals surface area (Å²) in [6, 6.07) is 36.0. The first kappa shape index (κ1) is 40.5. The Morgan fingerprint density at radius 2 is 0.667 bits per heavy atom. The van der Waals surface area contributed by atoms with Gasteiger partial charge in [0.15, 0.2) is 16.9 Å². The minimum absolute atomic E-state index is 0.382. The molecule has 0 aliphatic carbocycles. The molecule has 0 bridgehead atoms. The van der Waals surface area contributed by atoms with Crippen LogP contribution in [-0.4, -0.2) is 83.2 Å². The number of ether oxygens (including phenoxy) is 6. The number of nitrogens with zero attached hydrogens (tertiary/aromatic N) is 9. The molecule has 0 saturated heterocycles. The predicted octanol–water partition coefficient (Wildman–Crippen LogP) is 8.58. The SMILES string of the molecule is Brc1ccc2nc3n(c2n1)C1(COC3)COc2ccccc21.Brc1ccc2nc3n(c2n1)[C@@]1(COC3)COc2ccccc21.Brc1ccc2nc3n(c2n1)[C@]1(COC3)COc2ccccc21. The van der Waals surface area contributed by atoms with Crippen LogP contribution in [0.2, 0.25) is 0 Å². The second-order valence-electron chi connectivity index (χ2n) is 16.9. The summed E-state index contributed by atoms with van der Waals surface area (Å²) in [5.74, 6) is 5.42. The molecule has 0 saturated carbocycles. The van der Waals surface area contributed by atoms with E-state index in [-0.39, 0.29) is 16.6 Å². The quantitative estimate of drug-likeness (QED) is 0.134. The highest BCUT2D eigenvalue weighted by atomic mass is 79.9. The van der Waals surface area contributed by atoms with Gasteiger partial charge in [0.2, 0.25) is 0 Å². The van der Waals surface area contributed by atoms with Crippen LogP contribution in [0.4, 0.5) is 0 Å². The average molecular weight is 1070 g/mol. The van der Waals surface area contributed by atoms with Gasteiger partial charge in [-0.3, -0.25) is 13.7 Å². The zero-order valence-corrected chi connectivity index (χ0v) is 39.6. The number of para-hydroxylation sites is 3. The maximum absolute atomic E-state index is 5.93. The smallest absolute Gasteiger partial charge is 0.162 e. The van der Waals surface area contributed by atoms with E-state index in [0.29, 0.717) is 59.5 Å². The molecule has 330 valence electrons. The molecule has 3 atom stereocenters. The largest absolute Gasteiger partial charge is 0.490 e. The van der Waals surface area contributed by atoms with E-state index in [2.05, 4.69) is 110 Å². The van der Waals surface area contributed by atoms with Crippen molar-refractivity contribution in [3.05, 3.63) is 157 Å². The molecule has 6 aliphatic heterocycles. The summed E-state index contributed by atoms with van der Waals surface area (Å²) in [5, 5.41) is 0. The van der Waals surface area contributed by atoms with Crippen molar-refractivity contribution in [2.24, 2.45) is 0 Å². The first-order valence-corrected chi connectivity index (χ1v) is 23.7. The Bertz CT molecular complexity index is 3080. The van der Waals surface area contributed by atoms with Gasteiger partial charge in [0.05, 0.1) is 19.8 Å². The van der Waals surface area contributed by atoms with Gasteiger partial charge in [-0.15, -0.1) is 0 Å². The van der Waals surface area contributed by atoms with E-state index < -0.39 is 0 Å². The normalized spacial score (nSPS) is 22.6. The summed E-state index contributed by atoms with van der Waals surface area (Å²) >= 11 is 10.4. The molecule has 15 nitrogen and oxygen atoms in total. The molecule has 18 heteroatoms. The van der Waals surface area contributed by atoms with Gasteiger partial charge in [0, 0.05) is 16.7 Å². The van der Waals surface area contributed by atoms with Crippen LogP contribution in [0.15, 0.2) is 123 Å². The van der Waals surface area contributed by atoms with Gasteiger partial charge in [-0.05, 0) is 102 Å². The zero-order chi connectivity index (χ0) is 44.2. The summed E-state index contributed by atoms with van der Waals surface area (Å²) < 4.78 is 44.3. The molecule has 66 heavy (non-hydrogen) atoms. The Balaban J connectivity index is 0.0000000988. The molecule has 3 spiro atoms. The highest BCUT2D eigenvalue weighted by Gasteiger charge is 2.50. The van der Waals surface area contributed by atoms with Crippen molar-refractivity contribution in [1.29, 1.82) is 0 Å². The van der Waals surface area contributed by atoms with Crippen LogP contribution < -0.4 is 14.2 Å². The summed E-state index contributed by atoms with van der Waals surface area (Å²) in [7, 11) is 0. The van der Waals surface area contributed by atoms with Crippen LogP contribution >= 0.6 is 47.8 Å². The Kier molecular flexibility index (Phi) is 9.45. The van der Waals surface area contributed by atoms with Gasteiger partial charge in [-0.25, -0.2) is 29.9 Å². The van der Waals surface area contributed by atoms with Crippen LogP contribution in [0.25, 0.3) is 33.5 Å². The van der Waals surface area contributed by atoms with E-state index in [0.717, 1.165) is 98.7 Å². The number of benzene rings is 3. The van der Waals surface area contributed by atoms with Crippen molar-refractivity contribution in [3.8, 4) is 17.2 Å². The topological polar surface area (TPSA) is 148 Å². The van der Waals surface area contributed by atoms with Gasteiger partial charge in [-0.1, -0.05) is 54.6 Å². The van der Waals surface area contributed by atoms with E-state index in [1.807, 2.05) is 91.0 Å². The number of pyridine rings is 3. The van der Waals surface area contributed by atoms with Crippen molar-refractivity contribution >= 4 is 81.3 Å². The minimum Gasteiger partial charge on any atom is -0.490 e. The third-order valence-electron chi connectivity index (χ3n) is 13.2. The number of hydrogen-bond acceptors (Lipinski definition) is 12. The third kappa shape index (κ3) is 6.07. The van der Waals surface area contributed by atoms with Crippen LogP contribution in [-0.2, 0) is 50.6 Å². The second-order valence-corrected chi connectivity index (χ2v) is 19.4. The van der Waals surface area contributed by atoms with Crippen LogP contribution in [0.3, 0.4) is 0 Å². The number of rotatable bonds is 0. The average Bonchev–Trinajstić information content (AvgIpc) is 4.21. The van der Waals surface area contributed by atoms with Crippen molar-refractivity contribution in [3.63, 3.8) is 0 Å². The standard InChI is InChI=1S/3C16H12BrN3O2/c3*17-13-6-5-11-15(19-13)20-14(18-11)7-21-8-16(20)9-22-12-4-2-1-3-10(12)16/h3*1-6H,7-9H2/t2*16-;/m10./s1. The Hall–Kier alpha value is -5.76. The lowest BCUT2D eigenvalue weighted by molar-refractivity contribution is 0.0134. The van der Waals surface area contributed by atoms with Gasteiger partial charge < -0.3 is 28.4 Å². The number of hydrogen-bond donors (Lipinski definition) is 0. The summed E-state index contributed by atoms with van der Waals surface area (Å²) in [6.45, 7) is 4.81. The van der Waals surface area contributed by atoms with Gasteiger partial charge in [0.1, 0.15) is 121 Å². The first-order valence-electron chi connectivity index (χ1n) is 21.4. The molecular formula is C48H36Br3N9O6. The van der Waals surface area contributed by atoms with Crippen molar-refractivity contribution in [2.45, 2.75) is 36.4 Å². The van der Waals surface area contributed by atoms with E-state index in [1.165, 1.54) is 0 Å². The first-order chi connectivity index (χ1) is 32.3. The molecule has 9 aromatic rings.